The van der Waals surface area contributed by atoms with Crippen molar-refractivity contribution in [1.29, 1.82) is 0 Å². The van der Waals surface area contributed by atoms with Crippen molar-refractivity contribution in [1.82, 2.24) is 14.5 Å². The molecule has 0 radical (unpaired) electrons. The van der Waals surface area contributed by atoms with Gasteiger partial charge in [-0.3, -0.25) is 0 Å². The first-order valence-corrected chi connectivity index (χ1v) is 11.3. The second-order valence-electron chi connectivity index (χ2n) is 8.65. The van der Waals surface area contributed by atoms with Gasteiger partial charge in [-0.05, 0) is 63.3 Å². The van der Waals surface area contributed by atoms with Gasteiger partial charge in [0.1, 0.15) is 0 Å². The molecule has 1 saturated heterocycles. The molecular formula is C20H31N3O4S. The molecule has 1 atom stereocenters. The number of nitrogens with one attached hydrogen (secondary N) is 1. The molecule has 0 spiro atoms. The number of methoxy groups -OCH3 is 1. The lowest BCUT2D eigenvalue weighted by Crippen LogP contribution is -2.49. The second-order valence-corrected chi connectivity index (χ2v) is 10.5. The first kappa shape index (κ1) is 21.1. The highest BCUT2D eigenvalue weighted by Gasteiger charge is 2.36. The number of fused-ring (bicyclic) bond motifs is 1. The van der Waals surface area contributed by atoms with Crippen LogP contribution in [0.2, 0.25) is 0 Å². The molecule has 2 heterocycles. The fourth-order valence-electron chi connectivity index (χ4n) is 3.89. The number of amides is 2. The molecule has 2 aliphatic heterocycles. The van der Waals surface area contributed by atoms with Gasteiger partial charge in [0.15, 0.2) is 0 Å². The second kappa shape index (κ2) is 8.00. The number of rotatable bonds is 4. The van der Waals surface area contributed by atoms with Crippen LogP contribution in [-0.4, -0.2) is 62.0 Å². The Morgan fingerprint density at radius 3 is 2.68 bits per heavy atom. The number of ether oxygens (including phenoxy) is 1. The monoisotopic (exact) mass is 409 g/mol. The molecule has 0 aliphatic carbocycles. The van der Waals surface area contributed by atoms with Crippen LogP contribution in [0.5, 0.6) is 0 Å². The molecule has 0 saturated carbocycles. The topological polar surface area (TPSA) is 79.0 Å². The molecule has 0 unspecified atom stereocenters. The normalized spacial score (nSPS) is 20.9. The van der Waals surface area contributed by atoms with Crippen molar-refractivity contribution in [2.45, 2.75) is 63.1 Å². The van der Waals surface area contributed by atoms with E-state index in [9.17, 15) is 13.2 Å². The minimum Gasteiger partial charge on any atom is -0.383 e. The zero-order valence-electron chi connectivity index (χ0n) is 17.2. The summed E-state index contributed by atoms with van der Waals surface area (Å²) < 4.78 is 33.1. The quantitative estimate of drug-likeness (QED) is 0.828. The molecule has 0 aromatic heterocycles. The van der Waals surface area contributed by atoms with E-state index in [0.29, 0.717) is 31.1 Å². The van der Waals surface area contributed by atoms with Crippen LogP contribution in [0.4, 0.5) is 4.79 Å². The Morgan fingerprint density at radius 2 is 2.00 bits per heavy atom. The van der Waals surface area contributed by atoms with Gasteiger partial charge in [-0.2, -0.15) is 4.31 Å². The van der Waals surface area contributed by atoms with E-state index < -0.39 is 10.0 Å². The minimum absolute atomic E-state index is 0.111. The van der Waals surface area contributed by atoms with Gasteiger partial charge < -0.3 is 15.0 Å². The molecule has 3 rings (SSSR count). The molecule has 28 heavy (non-hydrogen) atoms. The van der Waals surface area contributed by atoms with E-state index in [-0.39, 0.29) is 17.6 Å². The van der Waals surface area contributed by atoms with E-state index in [0.717, 1.165) is 30.4 Å². The highest BCUT2D eigenvalue weighted by molar-refractivity contribution is 7.89. The van der Waals surface area contributed by atoms with Crippen LogP contribution in [0.25, 0.3) is 0 Å². The average Bonchev–Trinajstić information content (AvgIpc) is 3.09. The van der Waals surface area contributed by atoms with Crippen molar-refractivity contribution < 1.29 is 17.9 Å². The Hall–Kier alpha value is -1.64. The fraction of sp³-hybridized carbons (Fsp3) is 0.650. The van der Waals surface area contributed by atoms with E-state index in [1.54, 1.807) is 28.4 Å². The number of hydrogen-bond donors (Lipinski definition) is 1. The maximum Gasteiger partial charge on any atom is 0.318 e. The Kier molecular flexibility index (Phi) is 6.03. The summed E-state index contributed by atoms with van der Waals surface area (Å²) in [7, 11) is -1.98. The van der Waals surface area contributed by atoms with Crippen LogP contribution in [-0.2, 0) is 27.7 Å². The zero-order valence-corrected chi connectivity index (χ0v) is 18.0. The molecule has 1 aromatic carbocycles. The van der Waals surface area contributed by atoms with Gasteiger partial charge in [-0.25, -0.2) is 13.2 Å². The smallest absolute Gasteiger partial charge is 0.318 e. The highest BCUT2D eigenvalue weighted by Crippen LogP contribution is 2.29. The van der Waals surface area contributed by atoms with E-state index >= 15 is 0 Å². The van der Waals surface area contributed by atoms with E-state index in [1.165, 1.54) is 0 Å². The Labute approximate surface area is 168 Å². The third-order valence-electron chi connectivity index (χ3n) is 5.25. The molecule has 7 nitrogen and oxygen atoms in total. The maximum absolute atomic E-state index is 13.2. The Balaban J connectivity index is 1.81. The van der Waals surface area contributed by atoms with E-state index in [2.05, 4.69) is 5.32 Å². The number of urea groups is 1. The lowest BCUT2D eigenvalue weighted by atomic mass is 10.00. The van der Waals surface area contributed by atoms with Crippen LogP contribution >= 0.6 is 0 Å². The van der Waals surface area contributed by atoms with Crippen LogP contribution in [0.3, 0.4) is 0 Å². The SMILES string of the molecule is COC[C@H]1CCCN1S(=O)(=O)c1ccc2c(c1)CN(C(=O)NC(C)(C)C)CC2. The summed E-state index contributed by atoms with van der Waals surface area (Å²) in [6.07, 6.45) is 2.39. The lowest BCUT2D eigenvalue weighted by molar-refractivity contribution is 0.149. The number of hydrogen-bond acceptors (Lipinski definition) is 4. The lowest BCUT2D eigenvalue weighted by Gasteiger charge is -2.32. The number of sulfonamides is 1. The summed E-state index contributed by atoms with van der Waals surface area (Å²) in [5, 5.41) is 2.98. The zero-order chi connectivity index (χ0) is 20.5. The van der Waals surface area contributed by atoms with Gasteiger partial charge in [0.05, 0.1) is 11.5 Å². The van der Waals surface area contributed by atoms with Crippen molar-refractivity contribution in [2.75, 3.05) is 26.8 Å². The number of nitrogens with zero attached hydrogens (tertiary/aromatic N) is 2. The largest absolute Gasteiger partial charge is 0.383 e. The molecule has 1 N–H and O–H groups in total. The van der Waals surface area contributed by atoms with Gasteiger partial charge in [-0.1, -0.05) is 6.07 Å². The first-order valence-electron chi connectivity index (χ1n) is 9.81. The summed E-state index contributed by atoms with van der Waals surface area (Å²) in [4.78, 5) is 14.5. The molecule has 1 fully saturated rings. The van der Waals surface area contributed by atoms with Crippen LogP contribution in [0, 0.1) is 0 Å². The van der Waals surface area contributed by atoms with Crippen LogP contribution in [0.1, 0.15) is 44.7 Å². The van der Waals surface area contributed by atoms with Crippen LogP contribution < -0.4 is 5.32 Å². The Morgan fingerprint density at radius 1 is 1.25 bits per heavy atom. The highest BCUT2D eigenvalue weighted by atomic mass is 32.2. The summed E-state index contributed by atoms with van der Waals surface area (Å²) in [6, 6.07) is 5.10. The summed E-state index contributed by atoms with van der Waals surface area (Å²) in [6.45, 7) is 7.81. The molecule has 2 aliphatic rings. The van der Waals surface area contributed by atoms with Gasteiger partial charge in [0.25, 0.3) is 0 Å². The van der Waals surface area contributed by atoms with Crippen LogP contribution in [0.15, 0.2) is 23.1 Å². The summed E-state index contributed by atoms with van der Waals surface area (Å²) in [5.74, 6) is 0. The molecular weight excluding hydrogens is 378 g/mol. The molecule has 8 heteroatoms. The molecule has 0 bridgehead atoms. The van der Waals surface area contributed by atoms with Gasteiger partial charge in [0.2, 0.25) is 10.0 Å². The molecule has 2 amide bonds. The predicted octanol–water partition coefficient (Wildman–Crippen LogP) is 2.35. The van der Waals surface area contributed by atoms with Gasteiger partial charge in [-0.15, -0.1) is 0 Å². The summed E-state index contributed by atoms with van der Waals surface area (Å²) in [5.41, 5.74) is 1.70. The van der Waals surface area contributed by atoms with Crippen molar-refractivity contribution in [3.05, 3.63) is 29.3 Å². The van der Waals surface area contributed by atoms with Crippen molar-refractivity contribution >= 4 is 16.1 Å². The van der Waals surface area contributed by atoms with Gasteiger partial charge in [0, 0.05) is 38.3 Å². The average molecular weight is 410 g/mol. The number of carbonyl (C=O) groups excluding carboxylic acids is 1. The van der Waals surface area contributed by atoms with E-state index in [1.807, 2.05) is 26.8 Å². The van der Waals surface area contributed by atoms with Crippen molar-refractivity contribution in [3.63, 3.8) is 0 Å². The van der Waals surface area contributed by atoms with E-state index in [4.69, 9.17) is 4.74 Å². The minimum atomic E-state index is -3.58. The number of benzene rings is 1. The van der Waals surface area contributed by atoms with Gasteiger partial charge >= 0.3 is 6.03 Å². The first-order chi connectivity index (χ1) is 13.1. The molecule has 156 valence electrons. The standard InChI is InChI=1S/C20H31N3O4S/c1-20(2,3)21-19(24)22-11-9-15-7-8-18(12-16(15)13-22)28(25,26)23-10-5-6-17(23)14-27-4/h7-8,12,17H,5-6,9-11,13-14H2,1-4H3,(H,21,24)/t17-/m1/s1. The third-order valence-corrected chi connectivity index (χ3v) is 7.20. The van der Waals surface area contributed by atoms with Crippen molar-refractivity contribution in [3.8, 4) is 0 Å². The predicted molar refractivity (Wildman–Crippen MR) is 108 cm³/mol. The third kappa shape index (κ3) is 4.50. The fourth-order valence-corrected chi connectivity index (χ4v) is 5.62. The number of carbonyl (C=O) groups is 1. The summed E-state index contributed by atoms with van der Waals surface area (Å²) >= 11 is 0. The maximum atomic E-state index is 13.2. The molecule has 1 aromatic rings. The Bertz CT molecular complexity index is 832. The van der Waals surface area contributed by atoms with Crippen molar-refractivity contribution in [2.24, 2.45) is 0 Å².